The van der Waals surface area contributed by atoms with Crippen LogP contribution in [0.5, 0.6) is 0 Å². The van der Waals surface area contributed by atoms with Crippen LogP contribution < -0.4 is 5.73 Å². The number of rotatable bonds is 2. The molecule has 2 atom stereocenters. The Balaban J connectivity index is 1.98. The first-order chi connectivity index (χ1) is 3.34. The molecule has 0 aliphatic heterocycles. The summed E-state index contributed by atoms with van der Waals surface area (Å²) in [6.07, 6.45) is 1.16. The highest BCUT2D eigenvalue weighted by molar-refractivity contribution is 4.89. The van der Waals surface area contributed by atoms with E-state index in [1.807, 2.05) is 0 Å². The molecule has 2 heteroatoms. The van der Waals surface area contributed by atoms with Crippen molar-refractivity contribution >= 4 is 0 Å². The normalized spacial score (nSPS) is 38.6. The zero-order chi connectivity index (χ0) is 5.28. The molecule has 1 aliphatic carbocycles. The van der Waals surface area contributed by atoms with Gasteiger partial charge < -0.3 is 10.5 Å². The Kier molecular flexibility index (Phi) is 1.30. The summed E-state index contributed by atoms with van der Waals surface area (Å²) in [5.41, 5.74) is 5.47. The first-order valence-corrected chi connectivity index (χ1v) is 2.59. The minimum Gasteiger partial charge on any atom is -0.384 e. The Hall–Kier alpha value is -0.0800. The molecule has 42 valence electrons. The molecule has 2 nitrogen and oxygen atoms in total. The smallest absolute Gasteiger partial charge is 0.0505 e. The van der Waals surface area contributed by atoms with Gasteiger partial charge in [-0.1, -0.05) is 0 Å². The Bertz CT molecular complexity index is 65.1. The van der Waals surface area contributed by atoms with Gasteiger partial charge in [0.25, 0.3) is 0 Å². The highest BCUT2D eigenvalue weighted by atomic mass is 16.5. The highest BCUT2D eigenvalue weighted by Crippen LogP contribution is 2.27. The van der Waals surface area contributed by atoms with Crippen molar-refractivity contribution in [2.75, 3.05) is 13.7 Å². The van der Waals surface area contributed by atoms with Gasteiger partial charge in [-0.05, 0) is 12.3 Å². The molecule has 0 heterocycles. The van der Waals surface area contributed by atoms with Crippen molar-refractivity contribution in [1.82, 2.24) is 0 Å². The standard InChI is InChI=1S/C5H11NO/c1-7-3-4-2-5(4)6/h4-5H,2-3,6H2,1H3/t4?,5-/m1/s1. The summed E-state index contributed by atoms with van der Waals surface area (Å²) in [5.74, 6) is 0.671. The van der Waals surface area contributed by atoms with Gasteiger partial charge in [0.1, 0.15) is 0 Å². The average Bonchev–Trinajstić information content (AvgIpc) is 2.22. The maximum Gasteiger partial charge on any atom is 0.0505 e. The van der Waals surface area contributed by atoms with Gasteiger partial charge in [-0.25, -0.2) is 0 Å². The van der Waals surface area contributed by atoms with Crippen molar-refractivity contribution in [3.8, 4) is 0 Å². The van der Waals surface area contributed by atoms with E-state index in [0.29, 0.717) is 12.0 Å². The van der Waals surface area contributed by atoms with Crippen LogP contribution in [0, 0.1) is 5.92 Å². The van der Waals surface area contributed by atoms with Crippen LogP contribution in [0.2, 0.25) is 0 Å². The zero-order valence-electron chi connectivity index (χ0n) is 4.55. The van der Waals surface area contributed by atoms with E-state index in [1.165, 1.54) is 0 Å². The maximum atomic E-state index is 5.47. The Morgan fingerprint density at radius 1 is 1.86 bits per heavy atom. The second kappa shape index (κ2) is 1.80. The van der Waals surface area contributed by atoms with Crippen LogP contribution in [0.3, 0.4) is 0 Å². The molecule has 0 radical (unpaired) electrons. The molecule has 0 bridgehead atoms. The minimum absolute atomic E-state index is 0.444. The molecule has 2 N–H and O–H groups in total. The topological polar surface area (TPSA) is 35.2 Å². The molecule has 1 aliphatic rings. The summed E-state index contributed by atoms with van der Waals surface area (Å²) in [7, 11) is 1.71. The average molecular weight is 101 g/mol. The first-order valence-electron chi connectivity index (χ1n) is 2.59. The van der Waals surface area contributed by atoms with Gasteiger partial charge in [0.05, 0.1) is 6.61 Å². The van der Waals surface area contributed by atoms with Crippen molar-refractivity contribution in [2.45, 2.75) is 12.5 Å². The summed E-state index contributed by atoms with van der Waals surface area (Å²) in [4.78, 5) is 0. The molecule has 7 heavy (non-hydrogen) atoms. The van der Waals surface area contributed by atoms with Gasteiger partial charge in [-0.2, -0.15) is 0 Å². The maximum absolute atomic E-state index is 5.47. The molecule has 0 saturated heterocycles. The minimum atomic E-state index is 0.444. The summed E-state index contributed by atoms with van der Waals surface area (Å²) in [6.45, 7) is 0.848. The highest BCUT2D eigenvalue weighted by Gasteiger charge is 2.32. The monoisotopic (exact) mass is 101 g/mol. The van der Waals surface area contributed by atoms with Crippen LogP contribution >= 0.6 is 0 Å². The van der Waals surface area contributed by atoms with Crippen molar-refractivity contribution in [3.63, 3.8) is 0 Å². The summed E-state index contributed by atoms with van der Waals surface area (Å²) in [5, 5.41) is 0. The predicted octanol–water partition coefficient (Wildman–Crippen LogP) is -0.0200. The van der Waals surface area contributed by atoms with E-state index in [-0.39, 0.29) is 0 Å². The first kappa shape index (κ1) is 5.06. The van der Waals surface area contributed by atoms with Crippen molar-refractivity contribution < 1.29 is 4.74 Å². The van der Waals surface area contributed by atoms with Gasteiger partial charge in [0.15, 0.2) is 0 Å². The fourth-order valence-electron chi connectivity index (χ4n) is 0.677. The van der Waals surface area contributed by atoms with E-state index >= 15 is 0 Å². The predicted molar refractivity (Wildman–Crippen MR) is 28.0 cm³/mol. The molecular formula is C5H11NO. The fourth-order valence-corrected chi connectivity index (χ4v) is 0.677. The number of methoxy groups -OCH3 is 1. The molecule has 0 spiro atoms. The number of ether oxygens (including phenoxy) is 1. The second-order valence-corrected chi connectivity index (χ2v) is 2.11. The molecule has 1 fully saturated rings. The third-order valence-corrected chi connectivity index (χ3v) is 1.36. The number of nitrogens with two attached hydrogens (primary N) is 1. The molecule has 0 aromatic carbocycles. The number of hydrogen-bond donors (Lipinski definition) is 1. The van der Waals surface area contributed by atoms with Gasteiger partial charge in [0, 0.05) is 13.2 Å². The van der Waals surface area contributed by atoms with E-state index in [1.54, 1.807) is 7.11 Å². The van der Waals surface area contributed by atoms with E-state index in [0.717, 1.165) is 13.0 Å². The Morgan fingerprint density at radius 3 is 2.57 bits per heavy atom. The zero-order valence-corrected chi connectivity index (χ0v) is 4.55. The summed E-state index contributed by atoms with van der Waals surface area (Å²) in [6, 6.07) is 0.444. The molecule has 0 aromatic rings. The Labute approximate surface area is 43.6 Å². The largest absolute Gasteiger partial charge is 0.384 e. The molecular weight excluding hydrogens is 90.1 g/mol. The van der Waals surface area contributed by atoms with Crippen LogP contribution in [0.1, 0.15) is 6.42 Å². The SMILES string of the molecule is COCC1C[C@H]1N. The lowest BCUT2D eigenvalue weighted by atomic mass is 10.4. The molecule has 0 aromatic heterocycles. The van der Waals surface area contributed by atoms with Gasteiger partial charge in [0.2, 0.25) is 0 Å². The fraction of sp³-hybridized carbons (Fsp3) is 1.00. The van der Waals surface area contributed by atoms with Crippen LogP contribution in [0.25, 0.3) is 0 Å². The van der Waals surface area contributed by atoms with Crippen molar-refractivity contribution in [2.24, 2.45) is 11.7 Å². The lowest BCUT2D eigenvalue weighted by Gasteiger charge is -1.89. The molecule has 1 unspecified atom stereocenters. The second-order valence-electron chi connectivity index (χ2n) is 2.11. The summed E-state index contributed by atoms with van der Waals surface area (Å²) >= 11 is 0. The third-order valence-electron chi connectivity index (χ3n) is 1.36. The van der Waals surface area contributed by atoms with Crippen LogP contribution in [-0.4, -0.2) is 19.8 Å². The van der Waals surface area contributed by atoms with Gasteiger partial charge >= 0.3 is 0 Å². The number of hydrogen-bond acceptors (Lipinski definition) is 2. The molecule has 1 saturated carbocycles. The van der Waals surface area contributed by atoms with E-state index in [2.05, 4.69) is 0 Å². The van der Waals surface area contributed by atoms with E-state index in [9.17, 15) is 0 Å². The van der Waals surface area contributed by atoms with Crippen LogP contribution in [0.4, 0.5) is 0 Å². The lowest BCUT2D eigenvalue weighted by Crippen LogP contribution is -2.05. The third kappa shape index (κ3) is 1.14. The molecule has 1 rings (SSSR count). The summed E-state index contributed by atoms with van der Waals surface area (Å²) < 4.78 is 4.86. The Morgan fingerprint density at radius 2 is 2.43 bits per heavy atom. The quantitative estimate of drug-likeness (QED) is 0.530. The molecule has 0 amide bonds. The van der Waals surface area contributed by atoms with Gasteiger partial charge in [-0.15, -0.1) is 0 Å². The van der Waals surface area contributed by atoms with Crippen molar-refractivity contribution in [1.29, 1.82) is 0 Å². The van der Waals surface area contributed by atoms with Crippen molar-refractivity contribution in [3.05, 3.63) is 0 Å². The lowest BCUT2D eigenvalue weighted by molar-refractivity contribution is 0.184. The van der Waals surface area contributed by atoms with Crippen LogP contribution in [-0.2, 0) is 4.74 Å². The van der Waals surface area contributed by atoms with E-state index in [4.69, 9.17) is 10.5 Å². The van der Waals surface area contributed by atoms with Crippen LogP contribution in [0.15, 0.2) is 0 Å². The van der Waals surface area contributed by atoms with Gasteiger partial charge in [-0.3, -0.25) is 0 Å². The van der Waals surface area contributed by atoms with E-state index < -0.39 is 0 Å².